The molecule has 0 bridgehead atoms. The van der Waals surface area contributed by atoms with Crippen molar-refractivity contribution in [3.63, 3.8) is 0 Å². The Labute approximate surface area is 156 Å². The molecular formula is C19H21ClN4S. The summed E-state index contributed by atoms with van der Waals surface area (Å²) in [5.74, 6) is 0.924. The van der Waals surface area contributed by atoms with Crippen LogP contribution >= 0.6 is 22.9 Å². The van der Waals surface area contributed by atoms with E-state index < -0.39 is 0 Å². The summed E-state index contributed by atoms with van der Waals surface area (Å²) in [4.78, 5) is 12.5. The molecule has 4 rings (SSSR count). The van der Waals surface area contributed by atoms with E-state index in [0.29, 0.717) is 0 Å². The Morgan fingerprint density at radius 3 is 2.68 bits per heavy atom. The number of hydrogen-bond acceptors (Lipinski definition) is 5. The Kier molecular flexibility index (Phi) is 5.15. The van der Waals surface area contributed by atoms with Crippen LogP contribution in [0.3, 0.4) is 0 Å². The van der Waals surface area contributed by atoms with Gasteiger partial charge < -0.3 is 10.2 Å². The number of nitrogens with zero attached hydrogens (tertiary/aromatic N) is 3. The van der Waals surface area contributed by atoms with Gasteiger partial charge in [0, 0.05) is 29.1 Å². The van der Waals surface area contributed by atoms with Gasteiger partial charge in [-0.25, -0.2) is 9.97 Å². The minimum absolute atomic E-state index is 0.749. The van der Waals surface area contributed by atoms with E-state index in [4.69, 9.17) is 11.6 Å². The number of anilines is 1. The predicted molar refractivity (Wildman–Crippen MR) is 107 cm³/mol. The summed E-state index contributed by atoms with van der Waals surface area (Å²) in [6.45, 7) is 4.40. The fourth-order valence-corrected chi connectivity index (χ4v) is 4.41. The van der Waals surface area contributed by atoms with Crippen LogP contribution in [0, 0.1) is 0 Å². The molecule has 25 heavy (non-hydrogen) atoms. The summed E-state index contributed by atoms with van der Waals surface area (Å²) in [5.41, 5.74) is 2.31. The van der Waals surface area contributed by atoms with E-state index in [0.717, 1.165) is 45.3 Å². The second-order valence-corrected chi connectivity index (χ2v) is 7.68. The molecule has 1 aliphatic rings. The molecular weight excluding hydrogens is 352 g/mol. The number of likely N-dealkylation sites (tertiary alicyclic amines) is 1. The zero-order valence-electron chi connectivity index (χ0n) is 14.0. The lowest BCUT2D eigenvalue weighted by molar-refractivity contribution is 0.237. The van der Waals surface area contributed by atoms with Crippen molar-refractivity contribution in [3.05, 3.63) is 41.0 Å². The molecule has 0 spiro atoms. The molecule has 1 aromatic carbocycles. The highest BCUT2D eigenvalue weighted by atomic mass is 35.5. The maximum absolute atomic E-state index is 6.03. The van der Waals surface area contributed by atoms with Crippen LogP contribution in [0.15, 0.2) is 36.0 Å². The molecule has 1 fully saturated rings. The molecule has 0 amide bonds. The minimum Gasteiger partial charge on any atom is -0.368 e. The summed E-state index contributed by atoms with van der Waals surface area (Å²) < 4.78 is 0. The number of piperidine rings is 1. The van der Waals surface area contributed by atoms with Crippen LogP contribution in [0.4, 0.5) is 5.82 Å². The minimum atomic E-state index is 0.749. The number of halogens is 1. The first kappa shape index (κ1) is 16.8. The Morgan fingerprint density at radius 2 is 1.88 bits per heavy atom. The van der Waals surface area contributed by atoms with Crippen molar-refractivity contribution in [2.45, 2.75) is 19.3 Å². The van der Waals surface area contributed by atoms with Gasteiger partial charge in [0.05, 0.1) is 5.39 Å². The standard InChI is InChI=1S/C19H21ClN4S/c20-15-6-4-14(5-7-15)16-12-25-19-17(16)18(22-13-23-19)21-8-11-24-9-2-1-3-10-24/h4-7,12-13H,1-3,8-11H2,(H,21,22,23). The molecule has 2 aromatic heterocycles. The maximum atomic E-state index is 6.03. The Balaban J connectivity index is 1.56. The highest BCUT2D eigenvalue weighted by Gasteiger charge is 2.14. The van der Waals surface area contributed by atoms with E-state index >= 15 is 0 Å². The highest BCUT2D eigenvalue weighted by Crippen LogP contribution is 2.36. The van der Waals surface area contributed by atoms with Gasteiger partial charge in [0.1, 0.15) is 17.0 Å². The monoisotopic (exact) mass is 372 g/mol. The largest absolute Gasteiger partial charge is 0.368 e. The van der Waals surface area contributed by atoms with E-state index in [1.807, 2.05) is 24.3 Å². The van der Waals surface area contributed by atoms with Gasteiger partial charge in [0.2, 0.25) is 0 Å². The molecule has 1 aliphatic heterocycles. The third kappa shape index (κ3) is 3.78. The van der Waals surface area contributed by atoms with E-state index in [-0.39, 0.29) is 0 Å². The molecule has 4 nitrogen and oxygen atoms in total. The molecule has 6 heteroatoms. The predicted octanol–water partition coefficient (Wildman–Crippen LogP) is 4.91. The zero-order chi connectivity index (χ0) is 17.1. The first-order chi connectivity index (χ1) is 12.3. The Hall–Kier alpha value is -1.69. The molecule has 0 aliphatic carbocycles. The van der Waals surface area contributed by atoms with Crippen LogP contribution in [0.2, 0.25) is 5.02 Å². The van der Waals surface area contributed by atoms with Crippen molar-refractivity contribution in [1.29, 1.82) is 0 Å². The van der Waals surface area contributed by atoms with E-state index in [2.05, 4.69) is 25.6 Å². The number of benzene rings is 1. The molecule has 3 heterocycles. The normalized spacial score (nSPS) is 15.6. The van der Waals surface area contributed by atoms with Gasteiger partial charge in [-0.1, -0.05) is 30.2 Å². The second-order valence-electron chi connectivity index (χ2n) is 6.39. The Bertz CT molecular complexity index is 840. The lowest BCUT2D eigenvalue weighted by Crippen LogP contribution is -2.33. The van der Waals surface area contributed by atoms with Crippen molar-refractivity contribution >= 4 is 39.0 Å². The van der Waals surface area contributed by atoms with Crippen molar-refractivity contribution in [1.82, 2.24) is 14.9 Å². The summed E-state index contributed by atoms with van der Waals surface area (Å²) >= 11 is 7.68. The molecule has 1 N–H and O–H groups in total. The summed E-state index contributed by atoms with van der Waals surface area (Å²) in [6.07, 6.45) is 5.66. The van der Waals surface area contributed by atoms with Gasteiger partial charge in [-0.3, -0.25) is 0 Å². The van der Waals surface area contributed by atoms with Gasteiger partial charge in [-0.05, 0) is 43.6 Å². The SMILES string of the molecule is Clc1ccc(-c2csc3ncnc(NCCN4CCCCC4)c23)cc1. The fraction of sp³-hybridized carbons (Fsp3) is 0.368. The first-order valence-corrected chi connectivity index (χ1v) is 10.0. The first-order valence-electron chi connectivity index (χ1n) is 8.75. The lowest BCUT2D eigenvalue weighted by Gasteiger charge is -2.26. The van der Waals surface area contributed by atoms with Crippen LogP contribution in [0.25, 0.3) is 21.3 Å². The number of rotatable bonds is 5. The van der Waals surface area contributed by atoms with E-state index in [1.54, 1.807) is 17.7 Å². The third-order valence-electron chi connectivity index (χ3n) is 4.69. The maximum Gasteiger partial charge on any atom is 0.138 e. The fourth-order valence-electron chi connectivity index (χ4n) is 3.37. The zero-order valence-corrected chi connectivity index (χ0v) is 15.6. The molecule has 0 atom stereocenters. The van der Waals surface area contributed by atoms with Gasteiger partial charge in [0.25, 0.3) is 0 Å². The average molecular weight is 373 g/mol. The molecule has 0 radical (unpaired) electrons. The number of fused-ring (bicyclic) bond motifs is 1. The quantitative estimate of drug-likeness (QED) is 0.690. The van der Waals surface area contributed by atoms with Crippen LogP contribution in [-0.2, 0) is 0 Å². The topological polar surface area (TPSA) is 41.1 Å². The summed E-state index contributed by atoms with van der Waals surface area (Å²) in [5, 5.41) is 7.54. The van der Waals surface area contributed by atoms with Crippen LogP contribution in [-0.4, -0.2) is 41.0 Å². The van der Waals surface area contributed by atoms with Crippen molar-refractivity contribution in [3.8, 4) is 11.1 Å². The van der Waals surface area contributed by atoms with Gasteiger partial charge in [-0.2, -0.15) is 0 Å². The summed E-state index contributed by atoms with van der Waals surface area (Å²) in [7, 11) is 0. The van der Waals surface area contributed by atoms with Crippen molar-refractivity contribution < 1.29 is 0 Å². The van der Waals surface area contributed by atoms with Gasteiger partial charge >= 0.3 is 0 Å². The van der Waals surface area contributed by atoms with E-state index in [1.165, 1.54) is 32.4 Å². The van der Waals surface area contributed by atoms with Crippen molar-refractivity contribution in [2.24, 2.45) is 0 Å². The van der Waals surface area contributed by atoms with Gasteiger partial charge in [0.15, 0.2) is 0 Å². The number of thiophene rings is 1. The Morgan fingerprint density at radius 1 is 1.08 bits per heavy atom. The van der Waals surface area contributed by atoms with Gasteiger partial charge in [-0.15, -0.1) is 11.3 Å². The lowest BCUT2D eigenvalue weighted by atomic mass is 10.1. The van der Waals surface area contributed by atoms with Crippen LogP contribution in [0.5, 0.6) is 0 Å². The van der Waals surface area contributed by atoms with E-state index in [9.17, 15) is 0 Å². The van der Waals surface area contributed by atoms with Crippen LogP contribution in [0.1, 0.15) is 19.3 Å². The molecule has 0 saturated carbocycles. The smallest absolute Gasteiger partial charge is 0.138 e. The van der Waals surface area contributed by atoms with Crippen molar-refractivity contribution in [2.75, 3.05) is 31.5 Å². The van der Waals surface area contributed by atoms with Crippen LogP contribution < -0.4 is 5.32 Å². The number of hydrogen-bond donors (Lipinski definition) is 1. The summed E-state index contributed by atoms with van der Waals surface area (Å²) in [6, 6.07) is 7.95. The molecule has 0 unspecified atom stereocenters. The molecule has 3 aromatic rings. The number of aromatic nitrogens is 2. The molecule has 130 valence electrons. The second kappa shape index (κ2) is 7.68. The highest BCUT2D eigenvalue weighted by molar-refractivity contribution is 7.17. The molecule has 1 saturated heterocycles. The number of nitrogens with one attached hydrogen (secondary N) is 1. The average Bonchev–Trinajstić information content (AvgIpc) is 3.08. The third-order valence-corrected chi connectivity index (χ3v) is 5.83.